The molecule has 2 N–H and O–H groups in total. The molecule has 1 aliphatic rings. The lowest BCUT2D eigenvalue weighted by molar-refractivity contribution is -0.126. The van der Waals surface area contributed by atoms with E-state index < -0.39 is 23.8 Å². The molecule has 2 aromatic carbocycles. The maximum atomic E-state index is 13.9. The van der Waals surface area contributed by atoms with Crippen molar-refractivity contribution in [1.29, 1.82) is 0 Å². The first kappa shape index (κ1) is 29.8. The zero-order chi connectivity index (χ0) is 29.4. The zero-order valence-electron chi connectivity index (χ0n) is 23.2. The number of Topliss-reactive ketones (excluding diaryl/α,β-unsaturated/α-hetero) is 1. The average molecular weight is 580 g/mol. The number of hydrogen-bond donors (Lipinski definition) is 2. The smallest absolute Gasteiger partial charge is 0.261 e. The summed E-state index contributed by atoms with van der Waals surface area (Å²) in [6, 6.07) is 13.7. The summed E-state index contributed by atoms with van der Waals surface area (Å²) in [5, 5.41) is 7.37. The highest BCUT2D eigenvalue weighted by atomic mass is 32.1. The zero-order valence-corrected chi connectivity index (χ0v) is 24.0. The monoisotopic (exact) mass is 579 g/mol. The lowest BCUT2D eigenvalue weighted by Gasteiger charge is -2.32. The number of ether oxygens (including phenoxy) is 3. The SMILES string of the molecule is COc1ccc([C@H](C(=O)NC[C@@H]2CCCO2)N(C(=O)CNC(=O)c2cccs2)c2ccc(C(C)=O)cc2)cc1OC. The van der Waals surface area contributed by atoms with E-state index in [1.54, 1.807) is 60.0 Å². The van der Waals surface area contributed by atoms with E-state index in [1.807, 2.05) is 0 Å². The summed E-state index contributed by atoms with van der Waals surface area (Å²) < 4.78 is 16.5. The maximum Gasteiger partial charge on any atom is 0.261 e. The van der Waals surface area contributed by atoms with Crippen molar-refractivity contribution >= 4 is 40.5 Å². The van der Waals surface area contributed by atoms with Crippen molar-refractivity contribution in [3.05, 3.63) is 76.0 Å². The molecule has 1 saturated heterocycles. The third kappa shape index (κ3) is 7.30. The van der Waals surface area contributed by atoms with Gasteiger partial charge in [-0.2, -0.15) is 0 Å². The quantitative estimate of drug-likeness (QED) is 0.313. The van der Waals surface area contributed by atoms with E-state index in [4.69, 9.17) is 14.2 Å². The lowest BCUT2D eigenvalue weighted by atomic mass is 10.0. The fourth-order valence-electron chi connectivity index (χ4n) is 4.59. The fourth-order valence-corrected chi connectivity index (χ4v) is 5.23. The summed E-state index contributed by atoms with van der Waals surface area (Å²) in [7, 11) is 2.99. The Morgan fingerprint density at radius 1 is 1.02 bits per heavy atom. The van der Waals surface area contributed by atoms with Gasteiger partial charge < -0.3 is 24.8 Å². The number of carbonyl (C=O) groups is 4. The van der Waals surface area contributed by atoms with Crippen LogP contribution in [-0.4, -0.2) is 63.5 Å². The van der Waals surface area contributed by atoms with Gasteiger partial charge in [-0.05, 0) is 73.2 Å². The number of benzene rings is 2. The van der Waals surface area contributed by atoms with Crippen molar-refractivity contribution in [3.63, 3.8) is 0 Å². The van der Waals surface area contributed by atoms with Crippen LogP contribution < -0.4 is 25.0 Å². The van der Waals surface area contributed by atoms with E-state index in [-0.39, 0.29) is 25.0 Å². The number of rotatable bonds is 12. The van der Waals surface area contributed by atoms with Crippen molar-refractivity contribution in [1.82, 2.24) is 10.6 Å². The van der Waals surface area contributed by atoms with E-state index in [1.165, 1.54) is 37.4 Å². The molecule has 3 amide bonds. The molecule has 0 radical (unpaired) electrons. The molecular formula is C30H33N3O7S. The Hall–Kier alpha value is -4.22. The van der Waals surface area contributed by atoms with E-state index >= 15 is 0 Å². The fraction of sp³-hybridized carbons (Fsp3) is 0.333. The van der Waals surface area contributed by atoms with E-state index in [0.717, 1.165) is 12.8 Å². The second kappa shape index (κ2) is 13.9. The summed E-state index contributed by atoms with van der Waals surface area (Å²) in [6.45, 7) is 2.00. The topological polar surface area (TPSA) is 123 Å². The van der Waals surface area contributed by atoms with Crippen molar-refractivity contribution in [2.75, 3.05) is 38.8 Å². The third-order valence-electron chi connectivity index (χ3n) is 6.72. The van der Waals surface area contributed by atoms with Crippen LogP contribution in [0.15, 0.2) is 60.0 Å². The molecule has 0 unspecified atom stereocenters. The van der Waals surface area contributed by atoms with Gasteiger partial charge in [0.2, 0.25) is 11.8 Å². The van der Waals surface area contributed by atoms with Crippen LogP contribution in [0.3, 0.4) is 0 Å². The first-order chi connectivity index (χ1) is 19.8. The van der Waals surface area contributed by atoms with Gasteiger partial charge in [-0.1, -0.05) is 12.1 Å². The first-order valence-electron chi connectivity index (χ1n) is 13.2. The van der Waals surface area contributed by atoms with E-state index in [9.17, 15) is 19.2 Å². The molecule has 11 heteroatoms. The number of nitrogens with zero attached hydrogens (tertiary/aromatic N) is 1. The Bertz CT molecular complexity index is 1370. The molecule has 0 bridgehead atoms. The molecular weight excluding hydrogens is 546 g/mol. The van der Waals surface area contributed by atoms with Crippen LogP contribution >= 0.6 is 11.3 Å². The molecule has 41 heavy (non-hydrogen) atoms. The highest BCUT2D eigenvalue weighted by Gasteiger charge is 2.34. The highest BCUT2D eigenvalue weighted by Crippen LogP contribution is 2.34. The Balaban J connectivity index is 1.73. The second-order valence-electron chi connectivity index (χ2n) is 9.42. The summed E-state index contributed by atoms with van der Waals surface area (Å²) >= 11 is 1.26. The van der Waals surface area contributed by atoms with Gasteiger partial charge in [0.05, 0.1) is 31.7 Å². The number of ketones is 1. The third-order valence-corrected chi connectivity index (χ3v) is 7.59. The van der Waals surface area contributed by atoms with Crippen LogP contribution in [0.25, 0.3) is 0 Å². The summed E-state index contributed by atoms with van der Waals surface area (Å²) in [5.74, 6) is -0.665. The summed E-state index contributed by atoms with van der Waals surface area (Å²) in [5.41, 5.74) is 1.29. The van der Waals surface area contributed by atoms with Crippen LogP contribution in [0, 0.1) is 0 Å². The average Bonchev–Trinajstić information content (AvgIpc) is 3.72. The predicted octanol–water partition coefficient (Wildman–Crippen LogP) is 3.77. The normalized spacial score (nSPS) is 15.0. The molecule has 1 aliphatic heterocycles. The Kier molecular flexibility index (Phi) is 10.1. The highest BCUT2D eigenvalue weighted by molar-refractivity contribution is 7.12. The molecule has 1 aromatic heterocycles. The number of anilines is 1. The van der Waals surface area contributed by atoms with Gasteiger partial charge in [0.15, 0.2) is 17.3 Å². The van der Waals surface area contributed by atoms with Gasteiger partial charge in [-0.15, -0.1) is 11.3 Å². The predicted molar refractivity (Wildman–Crippen MR) is 155 cm³/mol. The number of hydrogen-bond acceptors (Lipinski definition) is 8. The van der Waals surface area contributed by atoms with Crippen molar-refractivity contribution in [3.8, 4) is 11.5 Å². The Morgan fingerprint density at radius 2 is 1.78 bits per heavy atom. The largest absolute Gasteiger partial charge is 0.493 e. The molecule has 0 aliphatic carbocycles. The number of nitrogens with one attached hydrogen (secondary N) is 2. The van der Waals surface area contributed by atoms with Crippen LogP contribution in [0.4, 0.5) is 5.69 Å². The Labute approximate surface area is 242 Å². The minimum Gasteiger partial charge on any atom is -0.493 e. The minimum absolute atomic E-state index is 0.117. The minimum atomic E-state index is -1.15. The molecule has 3 aromatic rings. The first-order valence-corrected chi connectivity index (χ1v) is 14.1. The van der Waals surface area contributed by atoms with Crippen LogP contribution in [-0.2, 0) is 14.3 Å². The lowest BCUT2D eigenvalue weighted by Crippen LogP contribution is -2.48. The molecule has 2 atom stereocenters. The van der Waals surface area contributed by atoms with Gasteiger partial charge in [-0.3, -0.25) is 24.1 Å². The molecule has 0 saturated carbocycles. The summed E-state index contributed by atoms with van der Waals surface area (Å²) in [6.07, 6.45) is 1.62. The van der Waals surface area contributed by atoms with E-state index in [2.05, 4.69) is 10.6 Å². The van der Waals surface area contributed by atoms with Gasteiger partial charge in [0.1, 0.15) is 6.04 Å². The van der Waals surface area contributed by atoms with Crippen LogP contribution in [0.1, 0.15) is 51.4 Å². The standard InChI is InChI=1S/C30H33N3O7S/c1-19(34)20-8-11-22(12-9-20)33(27(35)18-32-29(36)26-7-5-15-41-26)28(30(37)31-17-23-6-4-14-40-23)21-10-13-24(38-2)25(16-21)39-3/h5,7-13,15-16,23,28H,4,6,14,17-18H2,1-3H3,(H,31,37)(H,32,36)/t23-,28+/m0/s1. The Morgan fingerprint density at radius 3 is 2.39 bits per heavy atom. The van der Waals surface area contributed by atoms with Gasteiger partial charge in [0.25, 0.3) is 5.91 Å². The molecule has 2 heterocycles. The van der Waals surface area contributed by atoms with E-state index in [0.29, 0.717) is 39.8 Å². The number of thiophene rings is 1. The van der Waals surface area contributed by atoms with Gasteiger partial charge in [0, 0.05) is 24.4 Å². The number of carbonyl (C=O) groups excluding carboxylic acids is 4. The van der Waals surface area contributed by atoms with Gasteiger partial charge in [-0.25, -0.2) is 0 Å². The molecule has 0 spiro atoms. The van der Waals surface area contributed by atoms with Crippen LogP contribution in [0.2, 0.25) is 0 Å². The molecule has 216 valence electrons. The summed E-state index contributed by atoms with van der Waals surface area (Å²) in [4.78, 5) is 54.1. The number of amides is 3. The second-order valence-corrected chi connectivity index (χ2v) is 10.4. The maximum absolute atomic E-state index is 13.9. The molecule has 10 nitrogen and oxygen atoms in total. The molecule has 1 fully saturated rings. The van der Waals surface area contributed by atoms with Crippen molar-refractivity contribution in [2.45, 2.75) is 31.9 Å². The van der Waals surface area contributed by atoms with Gasteiger partial charge >= 0.3 is 0 Å². The number of methoxy groups -OCH3 is 2. The van der Waals surface area contributed by atoms with Crippen molar-refractivity contribution < 1.29 is 33.4 Å². The van der Waals surface area contributed by atoms with Crippen molar-refractivity contribution in [2.24, 2.45) is 0 Å². The van der Waals surface area contributed by atoms with Crippen LogP contribution in [0.5, 0.6) is 11.5 Å². The molecule has 4 rings (SSSR count).